The van der Waals surface area contributed by atoms with Crippen LogP contribution in [0.15, 0.2) is 30.9 Å². The number of hydrogen-bond donors (Lipinski definition) is 1. The Bertz CT molecular complexity index is 520. The van der Waals surface area contributed by atoms with Crippen molar-refractivity contribution in [1.82, 2.24) is 14.9 Å². The number of benzene rings is 1. The largest absolute Gasteiger partial charge is 0.337 e. The van der Waals surface area contributed by atoms with Crippen LogP contribution in [0.2, 0.25) is 0 Å². The van der Waals surface area contributed by atoms with Gasteiger partial charge in [0.2, 0.25) is 0 Å². The maximum atomic E-state index is 4.08. The number of nitrogens with zero attached hydrogens (tertiary/aromatic N) is 2. The van der Waals surface area contributed by atoms with E-state index in [1.165, 1.54) is 22.3 Å². The van der Waals surface area contributed by atoms with E-state index < -0.39 is 0 Å². The van der Waals surface area contributed by atoms with Crippen LogP contribution in [0, 0.1) is 26.7 Å². The van der Waals surface area contributed by atoms with Crippen molar-refractivity contribution in [2.75, 3.05) is 6.54 Å². The molecule has 0 aliphatic rings. The number of imidazole rings is 1. The van der Waals surface area contributed by atoms with E-state index in [0.29, 0.717) is 5.92 Å². The third-order valence-electron chi connectivity index (χ3n) is 3.72. The molecular weight excluding hydrogens is 246 g/mol. The topological polar surface area (TPSA) is 29.9 Å². The molecule has 0 bridgehead atoms. The molecule has 0 fully saturated rings. The molecule has 0 aliphatic carbocycles. The van der Waals surface area contributed by atoms with E-state index in [-0.39, 0.29) is 0 Å². The molecule has 0 radical (unpaired) electrons. The second-order valence-corrected chi connectivity index (χ2v) is 5.87. The molecule has 2 rings (SSSR count). The molecule has 20 heavy (non-hydrogen) atoms. The maximum Gasteiger partial charge on any atom is 0.0946 e. The van der Waals surface area contributed by atoms with E-state index in [2.05, 4.69) is 54.7 Å². The average molecular weight is 271 g/mol. The van der Waals surface area contributed by atoms with Crippen molar-refractivity contribution in [2.24, 2.45) is 5.92 Å². The fraction of sp³-hybridized carbons (Fsp3) is 0.471. The molecule has 1 heterocycles. The Morgan fingerprint density at radius 2 is 1.90 bits per heavy atom. The van der Waals surface area contributed by atoms with Crippen molar-refractivity contribution < 1.29 is 0 Å². The summed E-state index contributed by atoms with van der Waals surface area (Å²) in [6.45, 7) is 11.8. The van der Waals surface area contributed by atoms with Gasteiger partial charge in [0.15, 0.2) is 0 Å². The summed E-state index contributed by atoms with van der Waals surface area (Å²) in [5, 5.41) is 3.58. The van der Waals surface area contributed by atoms with Gasteiger partial charge in [-0.3, -0.25) is 0 Å². The molecule has 2 aromatic rings. The number of aromatic nitrogens is 2. The number of nitrogens with one attached hydrogen (secondary N) is 1. The summed E-state index contributed by atoms with van der Waals surface area (Å²) in [7, 11) is 0. The first-order valence-corrected chi connectivity index (χ1v) is 7.29. The van der Waals surface area contributed by atoms with Crippen molar-refractivity contribution in [2.45, 2.75) is 40.8 Å². The van der Waals surface area contributed by atoms with Crippen molar-refractivity contribution >= 4 is 0 Å². The van der Waals surface area contributed by atoms with Crippen molar-refractivity contribution in [1.29, 1.82) is 0 Å². The molecule has 1 aromatic heterocycles. The van der Waals surface area contributed by atoms with Crippen molar-refractivity contribution in [3.8, 4) is 0 Å². The van der Waals surface area contributed by atoms with Crippen LogP contribution in [0.4, 0.5) is 0 Å². The Labute approximate surface area is 122 Å². The summed E-state index contributed by atoms with van der Waals surface area (Å²) in [4.78, 5) is 4.08. The second kappa shape index (κ2) is 6.71. The quantitative estimate of drug-likeness (QED) is 0.874. The Morgan fingerprint density at radius 3 is 2.50 bits per heavy atom. The third-order valence-corrected chi connectivity index (χ3v) is 3.72. The zero-order chi connectivity index (χ0) is 14.5. The predicted octanol–water partition coefficient (Wildman–Crippen LogP) is 3.23. The van der Waals surface area contributed by atoms with Gasteiger partial charge in [-0.15, -0.1) is 0 Å². The van der Waals surface area contributed by atoms with Crippen LogP contribution in [0.1, 0.15) is 29.2 Å². The van der Waals surface area contributed by atoms with Gasteiger partial charge in [0.25, 0.3) is 0 Å². The summed E-state index contributed by atoms with van der Waals surface area (Å²) in [6.07, 6.45) is 5.73. The van der Waals surface area contributed by atoms with Crippen LogP contribution in [-0.2, 0) is 13.1 Å². The maximum absolute atomic E-state index is 4.08. The summed E-state index contributed by atoms with van der Waals surface area (Å²) < 4.78 is 2.13. The van der Waals surface area contributed by atoms with Gasteiger partial charge in [-0.05, 0) is 49.9 Å². The molecule has 1 N–H and O–H groups in total. The van der Waals surface area contributed by atoms with Crippen LogP contribution < -0.4 is 5.32 Å². The van der Waals surface area contributed by atoms with Crippen LogP contribution in [0.3, 0.4) is 0 Å². The van der Waals surface area contributed by atoms with Crippen molar-refractivity contribution in [3.05, 3.63) is 53.1 Å². The number of hydrogen-bond acceptors (Lipinski definition) is 2. The number of rotatable bonds is 6. The lowest BCUT2D eigenvalue weighted by molar-refractivity contribution is 0.444. The monoisotopic (exact) mass is 271 g/mol. The molecule has 0 aliphatic heterocycles. The smallest absolute Gasteiger partial charge is 0.0946 e. The molecule has 1 aromatic carbocycles. The van der Waals surface area contributed by atoms with E-state index in [4.69, 9.17) is 0 Å². The lowest BCUT2D eigenvalue weighted by atomic mass is 9.99. The fourth-order valence-corrected chi connectivity index (χ4v) is 2.75. The normalized spacial score (nSPS) is 12.6. The minimum atomic E-state index is 0.593. The van der Waals surface area contributed by atoms with Gasteiger partial charge in [0.1, 0.15) is 0 Å². The highest BCUT2D eigenvalue weighted by Gasteiger charge is 2.06. The summed E-state index contributed by atoms with van der Waals surface area (Å²) >= 11 is 0. The van der Waals surface area contributed by atoms with Crippen LogP contribution in [0.25, 0.3) is 0 Å². The molecule has 3 nitrogen and oxygen atoms in total. The number of aryl methyl sites for hydroxylation is 3. The second-order valence-electron chi connectivity index (χ2n) is 5.87. The fourth-order valence-electron chi connectivity index (χ4n) is 2.75. The summed E-state index contributed by atoms with van der Waals surface area (Å²) in [5.74, 6) is 0.593. The Morgan fingerprint density at radius 1 is 1.20 bits per heavy atom. The molecule has 0 amide bonds. The predicted molar refractivity (Wildman–Crippen MR) is 83.8 cm³/mol. The van der Waals surface area contributed by atoms with Gasteiger partial charge in [0, 0.05) is 25.5 Å². The SMILES string of the molecule is Cc1cc(C)c(CNCC(C)Cn2ccnc2)c(C)c1. The van der Waals surface area contributed by atoms with Crippen molar-refractivity contribution in [3.63, 3.8) is 0 Å². The summed E-state index contributed by atoms with van der Waals surface area (Å²) in [5.41, 5.74) is 5.55. The Kier molecular flexibility index (Phi) is 4.96. The molecule has 108 valence electrons. The molecule has 3 heteroatoms. The highest BCUT2D eigenvalue weighted by atomic mass is 15.0. The van der Waals surface area contributed by atoms with E-state index in [0.717, 1.165) is 19.6 Å². The lowest BCUT2D eigenvalue weighted by Gasteiger charge is -2.16. The standard InChI is InChI=1S/C17H25N3/c1-13-7-15(3)17(16(4)8-13)10-19-9-14(2)11-20-6-5-18-12-20/h5-8,12,14,19H,9-11H2,1-4H3. The molecule has 0 spiro atoms. The van der Waals surface area contributed by atoms with Crippen LogP contribution in [0.5, 0.6) is 0 Å². The average Bonchev–Trinajstić information content (AvgIpc) is 2.85. The molecule has 0 saturated heterocycles. The summed E-state index contributed by atoms with van der Waals surface area (Å²) in [6, 6.07) is 4.53. The molecule has 1 atom stereocenters. The van der Waals surface area contributed by atoms with Gasteiger partial charge in [0.05, 0.1) is 6.33 Å². The molecule has 1 unspecified atom stereocenters. The van der Waals surface area contributed by atoms with Gasteiger partial charge >= 0.3 is 0 Å². The molecular formula is C17H25N3. The molecule has 0 saturated carbocycles. The highest BCUT2D eigenvalue weighted by Crippen LogP contribution is 2.16. The lowest BCUT2D eigenvalue weighted by Crippen LogP contribution is -2.24. The zero-order valence-electron chi connectivity index (χ0n) is 13.0. The first kappa shape index (κ1) is 14.8. The zero-order valence-corrected chi connectivity index (χ0v) is 13.0. The van der Waals surface area contributed by atoms with E-state index in [1.807, 2.05) is 18.7 Å². The van der Waals surface area contributed by atoms with E-state index in [9.17, 15) is 0 Å². The van der Waals surface area contributed by atoms with E-state index >= 15 is 0 Å². The Hall–Kier alpha value is -1.61. The van der Waals surface area contributed by atoms with Crippen LogP contribution in [-0.4, -0.2) is 16.1 Å². The van der Waals surface area contributed by atoms with Gasteiger partial charge < -0.3 is 9.88 Å². The van der Waals surface area contributed by atoms with Gasteiger partial charge in [-0.2, -0.15) is 0 Å². The first-order chi connectivity index (χ1) is 9.56. The van der Waals surface area contributed by atoms with Crippen LogP contribution >= 0.6 is 0 Å². The van der Waals surface area contributed by atoms with Gasteiger partial charge in [-0.1, -0.05) is 24.6 Å². The van der Waals surface area contributed by atoms with Gasteiger partial charge in [-0.25, -0.2) is 4.98 Å². The minimum Gasteiger partial charge on any atom is -0.337 e. The third kappa shape index (κ3) is 3.94. The Balaban J connectivity index is 1.84. The van der Waals surface area contributed by atoms with E-state index in [1.54, 1.807) is 0 Å². The highest BCUT2D eigenvalue weighted by molar-refractivity contribution is 5.37. The minimum absolute atomic E-state index is 0.593. The first-order valence-electron chi connectivity index (χ1n) is 7.29.